The fourth-order valence-corrected chi connectivity index (χ4v) is 3.73. The Balaban J connectivity index is 1.34. The maximum Gasteiger partial charge on any atom is 0.274 e. The average molecular weight is 499 g/mol. The molecule has 10 nitrogen and oxygen atoms in total. The maximum absolute atomic E-state index is 12.8. The van der Waals surface area contributed by atoms with Crippen LogP contribution in [0, 0.1) is 16.0 Å². The Morgan fingerprint density at radius 2 is 1.81 bits per heavy atom. The molecule has 11 heteroatoms. The average Bonchev–Trinajstić information content (AvgIpc) is 3.30. The number of nitro benzene ring substituents is 1. The Morgan fingerprint density at radius 1 is 1.09 bits per heavy atom. The van der Waals surface area contributed by atoms with Crippen LogP contribution in [0.1, 0.15) is 23.3 Å². The van der Waals surface area contributed by atoms with Crippen molar-refractivity contribution in [3.05, 3.63) is 75.1 Å². The van der Waals surface area contributed by atoms with Gasteiger partial charge < -0.3 is 10.2 Å². The van der Waals surface area contributed by atoms with Gasteiger partial charge in [-0.1, -0.05) is 0 Å². The van der Waals surface area contributed by atoms with E-state index in [-0.39, 0.29) is 29.1 Å². The van der Waals surface area contributed by atoms with Crippen molar-refractivity contribution in [1.82, 2.24) is 19.7 Å². The molecular formula is C21H19BrN6O4. The summed E-state index contributed by atoms with van der Waals surface area (Å²) in [7, 11) is 0. The number of pyridine rings is 1. The first kappa shape index (κ1) is 21.6. The fraction of sp³-hybridized carbons (Fsp3) is 0.238. The van der Waals surface area contributed by atoms with Gasteiger partial charge in [-0.25, -0.2) is 9.67 Å². The smallest absolute Gasteiger partial charge is 0.274 e. The highest BCUT2D eigenvalue weighted by atomic mass is 79.9. The number of amides is 2. The number of hydrogen-bond acceptors (Lipinski definition) is 6. The van der Waals surface area contributed by atoms with Crippen molar-refractivity contribution >= 4 is 39.2 Å². The predicted octanol–water partition coefficient (Wildman–Crippen LogP) is 3.43. The highest BCUT2D eigenvalue weighted by Crippen LogP contribution is 2.21. The zero-order valence-corrected chi connectivity index (χ0v) is 18.4. The number of benzene rings is 1. The summed E-state index contributed by atoms with van der Waals surface area (Å²) in [6.45, 7) is 0.907. The third kappa shape index (κ3) is 4.83. The quantitative estimate of drug-likeness (QED) is 0.424. The van der Waals surface area contributed by atoms with Gasteiger partial charge in [0.15, 0.2) is 5.69 Å². The summed E-state index contributed by atoms with van der Waals surface area (Å²) in [6.07, 6.45) is 4.36. The fourth-order valence-electron chi connectivity index (χ4n) is 3.49. The first-order valence-electron chi connectivity index (χ1n) is 9.93. The second kappa shape index (κ2) is 9.27. The van der Waals surface area contributed by atoms with Crippen LogP contribution in [-0.2, 0) is 4.79 Å². The Bertz CT molecular complexity index is 1140. The summed E-state index contributed by atoms with van der Waals surface area (Å²) >= 11 is 3.31. The van der Waals surface area contributed by atoms with E-state index in [1.54, 1.807) is 47.6 Å². The van der Waals surface area contributed by atoms with Gasteiger partial charge in [0.05, 0.1) is 10.6 Å². The van der Waals surface area contributed by atoms with Crippen LogP contribution in [0.2, 0.25) is 0 Å². The normalized spacial score (nSPS) is 14.2. The minimum absolute atomic E-state index is 0.0139. The van der Waals surface area contributed by atoms with Crippen LogP contribution in [0.4, 0.5) is 11.5 Å². The summed E-state index contributed by atoms with van der Waals surface area (Å²) in [5, 5.41) is 17.9. The zero-order chi connectivity index (χ0) is 22.7. The number of carbonyl (C=O) groups excluding carboxylic acids is 2. The minimum atomic E-state index is -0.471. The van der Waals surface area contributed by atoms with E-state index in [1.165, 1.54) is 16.8 Å². The topological polar surface area (TPSA) is 123 Å². The molecule has 0 bridgehead atoms. The molecule has 2 amide bonds. The van der Waals surface area contributed by atoms with Gasteiger partial charge in [0.25, 0.3) is 11.6 Å². The molecule has 32 heavy (non-hydrogen) atoms. The van der Waals surface area contributed by atoms with E-state index in [4.69, 9.17) is 0 Å². The van der Waals surface area contributed by atoms with Gasteiger partial charge in [-0.05, 0) is 59.1 Å². The molecule has 0 spiro atoms. The second-order valence-electron chi connectivity index (χ2n) is 7.34. The van der Waals surface area contributed by atoms with Crippen molar-refractivity contribution in [3.8, 4) is 5.69 Å². The SMILES string of the molecule is O=C(Nc1ccc(Br)cn1)C1CCN(C(=O)c2ccn(-c3ccc([N+](=O)[O-])cc3)n2)CC1. The maximum atomic E-state index is 12.8. The summed E-state index contributed by atoms with van der Waals surface area (Å²) in [5.74, 6) is -0.0101. The summed E-state index contributed by atoms with van der Waals surface area (Å²) in [6, 6.07) is 11.1. The van der Waals surface area contributed by atoms with Crippen LogP contribution in [0.15, 0.2) is 59.3 Å². The third-order valence-corrected chi connectivity index (χ3v) is 5.73. The molecule has 164 valence electrons. The lowest BCUT2D eigenvalue weighted by Crippen LogP contribution is -2.41. The van der Waals surface area contributed by atoms with Gasteiger partial charge in [-0.2, -0.15) is 5.10 Å². The van der Waals surface area contributed by atoms with Gasteiger partial charge in [0.1, 0.15) is 5.82 Å². The number of aromatic nitrogens is 3. The molecule has 1 aromatic carbocycles. The van der Waals surface area contributed by atoms with Crippen molar-refractivity contribution in [2.75, 3.05) is 18.4 Å². The monoisotopic (exact) mass is 498 g/mol. The Hall–Kier alpha value is -3.60. The van der Waals surface area contributed by atoms with Crippen LogP contribution in [0.25, 0.3) is 5.69 Å². The van der Waals surface area contributed by atoms with Crippen molar-refractivity contribution in [2.24, 2.45) is 5.92 Å². The number of nitrogens with one attached hydrogen (secondary N) is 1. The van der Waals surface area contributed by atoms with E-state index in [9.17, 15) is 19.7 Å². The number of nitrogens with zero attached hydrogens (tertiary/aromatic N) is 5. The van der Waals surface area contributed by atoms with Gasteiger partial charge in [0.2, 0.25) is 5.91 Å². The van der Waals surface area contributed by atoms with Gasteiger partial charge in [-0.3, -0.25) is 19.7 Å². The minimum Gasteiger partial charge on any atom is -0.337 e. The molecule has 3 heterocycles. The molecule has 2 aromatic heterocycles. The zero-order valence-electron chi connectivity index (χ0n) is 16.8. The first-order valence-corrected chi connectivity index (χ1v) is 10.7. The van der Waals surface area contributed by atoms with Crippen molar-refractivity contribution in [3.63, 3.8) is 0 Å². The van der Waals surface area contributed by atoms with Crippen LogP contribution in [0.5, 0.6) is 0 Å². The number of likely N-dealkylation sites (tertiary alicyclic amines) is 1. The number of carbonyl (C=O) groups is 2. The predicted molar refractivity (Wildman–Crippen MR) is 119 cm³/mol. The summed E-state index contributed by atoms with van der Waals surface area (Å²) in [4.78, 5) is 41.5. The molecule has 1 aliphatic rings. The summed E-state index contributed by atoms with van der Waals surface area (Å²) < 4.78 is 2.33. The van der Waals surface area contributed by atoms with Crippen molar-refractivity contribution in [1.29, 1.82) is 0 Å². The molecule has 0 atom stereocenters. The molecule has 0 aliphatic carbocycles. The number of anilines is 1. The van der Waals surface area contributed by atoms with Crippen LogP contribution in [0.3, 0.4) is 0 Å². The molecule has 1 fully saturated rings. The molecule has 1 saturated heterocycles. The molecule has 0 radical (unpaired) electrons. The van der Waals surface area contributed by atoms with E-state index in [2.05, 4.69) is 31.3 Å². The van der Waals surface area contributed by atoms with E-state index in [0.717, 1.165) is 4.47 Å². The lowest BCUT2D eigenvalue weighted by molar-refractivity contribution is -0.384. The lowest BCUT2D eigenvalue weighted by atomic mass is 9.95. The van der Waals surface area contributed by atoms with Crippen LogP contribution in [-0.4, -0.2) is 49.5 Å². The second-order valence-corrected chi connectivity index (χ2v) is 8.25. The first-order chi connectivity index (χ1) is 15.4. The van der Waals surface area contributed by atoms with E-state index >= 15 is 0 Å². The largest absolute Gasteiger partial charge is 0.337 e. The van der Waals surface area contributed by atoms with Gasteiger partial charge in [0, 0.05) is 48.0 Å². The standard InChI is InChI=1S/C21H19BrN6O4/c22-15-1-6-19(23-13-15)24-20(29)14-7-10-26(11-8-14)21(30)18-9-12-27(25-18)16-2-4-17(5-3-16)28(31)32/h1-6,9,12-14H,7-8,10-11H2,(H,23,24,29). The number of nitro groups is 1. The van der Waals surface area contributed by atoms with E-state index < -0.39 is 4.92 Å². The molecular weight excluding hydrogens is 480 g/mol. The number of halogens is 1. The van der Waals surface area contributed by atoms with Crippen molar-refractivity contribution < 1.29 is 14.5 Å². The Morgan fingerprint density at radius 3 is 2.44 bits per heavy atom. The summed E-state index contributed by atoms with van der Waals surface area (Å²) in [5.41, 5.74) is 0.886. The Kier molecular flexibility index (Phi) is 6.26. The molecule has 1 aliphatic heterocycles. The molecule has 0 unspecified atom stereocenters. The number of hydrogen-bond donors (Lipinski definition) is 1. The van der Waals surface area contributed by atoms with Crippen LogP contribution >= 0.6 is 15.9 Å². The number of non-ortho nitro benzene ring substituents is 1. The molecule has 1 N–H and O–H groups in total. The highest BCUT2D eigenvalue weighted by molar-refractivity contribution is 9.10. The van der Waals surface area contributed by atoms with Crippen LogP contribution < -0.4 is 5.32 Å². The lowest BCUT2D eigenvalue weighted by Gasteiger charge is -2.30. The number of piperidine rings is 1. The molecule has 4 rings (SSSR count). The third-order valence-electron chi connectivity index (χ3n) is 5.26. The molecule has 3 aromatic rings. The van der Waals surface area contributed by atoms with E-state index in [1.807, 2.05) is 0 Å². The Labute approximate surface area is 191 Å². The van der Waals surface area contributed by atoms with Crippen molar-refractivity contribution in [2.45, 2.75) is 12.8 Å². The molecule has 0 saturated carbocycles. The highest BCUT2D eigenvalue weighted by Gasteiger charge is 2.29. The van der Waals surface area contributed by atoms with E-state index in [0.29, 0.717) is 37.4 Å². The van der Waals surface area contributed by atoms with Gasteiger partial charge >= 0.3 is 0 Å². The van der Waals surface area contributed by atoms with Gasteiger partial charge in [-0.15, -0.1) is 0 Å². The number of rotatable bonds is 5.